The predicted octanol–water partition coefficient (Wildman–Crippen LogP) is 4.64. The molecule has 2 aliphatic rings. The lowest BCUT2D eigenvalue weighted by atomic mass is 9.87. The van der Waals surface area contributed by atoms with Crippen molar-refractivity contribution in [2.45, 2.75) is 56.9 Å². The number of ether oxygens (including phenoxy) is 2. The Kier molecular flexibility index (Phi) is 8.43. The van der Waals surface area contributed by atoms with Crippen molar-refractivity contribution in [3.63, 3.8) is 0 Å². The first-order valence-corrected chi connectivity index (χ1v) is 12.5. The SMILES string of the molecule is O=C(NCCNC(=O)c1ccc(OC(F)(F)F)c(C2CC2)c1)c1ccc(O[C@H]2CC[C@@H](C(=O)O)CC2)cc1. The van der Waals surface area contributed by atoms with Crippen molar-refractivity contribution in [2.24, 2.45) is 5.92 Å². The van der Waals surface area contributed by atoms with Gasteiger partial charge in [-0.2, -0.15) is 0 Å². The number of hydrogen-bond donors (Lipinski definition) is 3. The average molecular weight is 535 g/mol. The van der Waals surface area contributed by atoms with Crippen LogP contribution in [0.1, 0.15) is 70.7 Å². The van der Waals surface area contributed by atoms with E-state index in [1.807, 2.05) is 0 Å². The van der Waals surface area contributed by atoms with Gasteiger partial charge >= 0.3 is 12.3 Å². The highest BCUT2D eigenvalue weighted by molar-refractivity contribution is 5.95. The molecule has 0 atom stereocenters. The molecule has 0 spiro atoms. The molecule has 2 amide bonds. The largest absolute Gasteiger partial charge is 0.573 e. The second kappa shape index (κ2) is 11.7. The van der Waals surface area contributed by atoms with E-state index in [0.717, 1.165) is 18.9 Å². The summed E-state index contributed by atoms with van der Waals surface area (Å²) in [4.78, 5) is 36.0. The summed E-state index contributed by atoms with van der Waals surface area (Å²) in [5.74, 6) is -1.62. The third kappa shape index (κ3) is 7.62. The number of rotatable bonds is 10. The Labute approximate surface area is 217 Å². The van der Waals surface area contributed by atoms with Gasteiger partial charge in [0.2, 0.25) is 0 Å². The van der Waals surface area contributed by atoms with Gasteiger partial charge in [0.05, 0.1) is 12.0 Å². The summed E-state index contributed by atoms with van der Waals surface area (Å²) in [5.41, 5.74) is 0.996. The van der Waals surface area contributed by atoms with Gasteiger partial charge in [0, 0.05) is 24.2 Å². The molecule has 8 nitrogen and oxygen atoms in total. The number of carbonyl (C=O) groups excluding carboxylic acids is 2. The van der Waals surface area contributed by atoms with Gasteiger partial charge in [0.15, 0.2) is 0 Å². The number of carboxylic acid groups (broad SMARTS) is 1. The maximum atomic E-state index is 12.6. The topological polar surface area (TPSA) is 114 Å². The first-order valence-electron chi connectivity index (χ1n) is 12.5. The van der Waals surface area contributed by atoms with Gasteiger partial charge in [0.25, 0.3) is 11.8 Å². The Morgan fingerprint density at radius 2 is 1.42 bits per heavy atom. The lowest BCUT2D eigenvalue weighted by molar-refractivity contribution is -0.274. The quantitative estimate of drug-likeness (QED) is 0.383. The maximum absolute atomic E-state index is 12.6. The Hall–Kier alpha value is -3.76. The zero-order valence-corrected chi connectivity index (χ0v) is 20.6. The molecule has 0 aromatic heterocycles. The first-order chi connectivity index (χ1) is 18.1. The van der Waals surface area contributed by atoms with Crippen LogP contribution in [0, 0.1) is 5.92 Å². The molecule has 11 heteroatoms. The van der Waals surface area contributed by atoms with Crippen LogP contribution in [0.5, 0.6) is 11.5 Å². The molecule has 2 aromatic rings. The molecule has 0 heterocycles. The Morgan fingerprint density at radius 3 is 1.97 bits per heavy atom. The number of alkyl halides is 3. The van der Waals surface area contributed by atoms with Crippen LogP contribution in [0.3, 0.4) is 0 Å². The molecule has 0 bridgehead atoms. The number of hydrogen-bond acceptors (Lipinski definition) is 5. The summed E-state index contributed by atoms with van der Waals surface area (Å²) in [5, 5.41) is 14.4. The third-order valence-corrected chi connectivity index (χ3v) is 6.65. The van der Waals surface area contributed by atoms with Crippen LogP contribution < -0.4 is 20.1 Å². The fourth-order valence-electron chi connectivity index (χ4n) is 4.48. The monoisotopic (exact) mass is 534 g/mol. The second-order valence-electron chi connectivity index (χ2n) is 9.54. The van der Waals surface area contributed by atoms with Gasteiger partial charge in [-0.3, -0.25) is 14.4 Å². The number of benzene rings is 2. The van der Waals surface area contributed by atoms with E-state index in [1.165, 1.54) is 12.1 Å². The number of carbonyl (C=O) groups is 3. The van der Waals surface area contributed by atoms with Crippen molar-refractivity contribution in [3.05, 3.63) is 59.2 Å². The maximum Gasteiger partial charge on any atom is 0.573 e. The molecular formula is C27H29F3N2O6. The van der Waals surface area contributed by atoms with Crippen LogP contribution in [0.2, 0.25) is 0 Å². The summed E-state index contributed by atoms with van der Waals surface area (Å²) in [7, 11) is 0. The summed E-state index contributed by atoms with van der Waals surface area (Å²) >= 11 is 0. The van der Waals surface area contributed by atoms with Gasteiger partial charge < -0.3 is 25.2 Å². The number of nitrogens with one attached hydrogen (secondary N) is 2. The van der Waals surface area contributed by atoms with Crippen molar-refractivity contribution in [3.8, 4) is 11.5 Å². The van der Waals surface area contributed by atoms with Crippen molar-refractivity contribution in [1.29, 1.82) is 0 Å². The van der Waals surface area contributed by atoms with Gasteiger partial charge in [-0.1, -0.05) is 0 Å². The van der Waals surface area contributed by atoms with E-state index in [4.69, 9.17) is 9.84 Å². The van der Waals surface area contributed by atoms with E-state index < -0.39 is 18.2 Å². The molecule has 2 fully saturated rings. The average Bonchev–Trinajstić information content (AvgIpc) is 3.72. The van der Waals surface area contributed by atoms with E-state index in [1.54, 1.807) is 24.3 Å². The second-order valence-corrected chi connectivity index (χ2v) is 9.54. The zero-order valence-electron chi connectivity index (χ0n) is 20.6. The van der Waals surface area contributed by atoms with Crippen LogP contribution in [0.4, 0.5) is 13.2 Å². The molecule has 0 radical (unpaired) electrons. The van der Waals surface area contributed by atoms with E-state index in [2.05, 4.69) is 15.4 Å². The van der Waals surface area contributed by atoms with E-state index in [-0.39, 0.29) is 48.2 Å². The minimum absolute atomic E-state index is 0.0527. The summed E-state index contributed by atoms with van der Waals surface area (Å²) < 4.78 is 47.9. The Morgan fingerprint density at radius 1 is 0.842 bits per heavy atom. The van der Waals surface area contributed by atoms with Crippen LogP contribution >= 0.6 is 0 Å². The van der Waals surface area contributed by atoms with Gasteiger partial charge in [-0.25, -0.2) is 0 Å². The molecule has 0 unspecified atom stereocenters. The minimum atomic E-state index is -4.80. The fourth-order valence-corrected chi connectivity index (χ4v) is 4.48. The number of halogens is 3. The minimum Gasteiger partial charge on any atom is -0.490 e. The lowest BCUT2D eigenvalue weighted by Crippen LogP contribution is -2.34. The highest BCUT2D eigenvalue weighted by Crippen LogP contribution is 2.45. The van der Waals surface area contributed by atoms with E-state index >= 15 is 0 Å². The predicted molar refractivity (Wildman–Crippen MR) is 130 cm³/mol. The van der Waals surface area contributed by atoms with Crippen LogP contribution in [0.15, 0.2) is 42.5 Å². The Bertz CT molecular complexity index is 1160. The molecule has 2 aliphatic carbocycles. The van der Waals surface area contributed by atoms with Crippen LogP contribution in [-0.2, 0) is 4.79 Å². The molecule has 4 rings (SSSR count). The highest BCUT2D eigenvalue weighted by atomic mass is 19.4. The number of carboxylic acids is 1. The molecule has 2 saturated carbocycles. The molecular weight excluding hydrogens is 505 g/mol. The van der Waals surface area contributed by atoms with Gasteiger partial charge in [-0.05, 0) is 92.5 Å². The highest BCUT2D eigenvalue weighted by Gasteiger charge is 2.35. The smallest absolute Gasteiger partial charge is 0.490 e. The van der Waals surface area contributed by atoms with Crippen LogP contribution in [0.25, 0.3) is 0 Å². The summed E-state index contributed by atoms with van der Waals surface area (Å²) in [6.45, 7) is 0.282. The summed E-state index contributed by atoms with van der Waals surface area (Å²) in [6.07, 6.45) is -0.883. The van der Waals surface area contributed by atoms with Crippen molar-refractivity contribution in [1.82, 2.24) is 10.6 Å². The lowest BCUT2D eigenvalue weighted by Gasteiger charge is -2.26. The fraction of sp³-hybridized carbons (Fsp3) is 0.444. The van der Waals surface area contributed by atoms with Crippen LogP contribution in [-0.4, -0.2) is 48.4 Å². The standard InChI is InChI=1S/C27H29F3N2O6/c28-27(29,30)38-23-12-7-19(15-22(23)16-1-2-16)25(34)32-14-13-31-24(33)17-3-8-20(9-4-17)37-21-10-5-18(6-11-21)26(35)36/h3-4,7-9,12,15-16,18,21H,1-2,5-6,10-11,13-14H2,(H,31,33)(H,32,34)(H,35,36)/t18-,21+. The number of amides is 2. The van der Waals surface area contributed by atoms with Crippen molar-refractivity contribution < 1.29 is 42.1 Å². The van der Waals surface area contributed by atoms with E-state index in [9.17, 15) is 27.6 Å². The number of aliphatic carboxylic acids is 1. The molecule has 0 saturated heterocycles. The molecule has 2 aromatic carbocycles. The molecule has 38 heavy (non-hydrogen) atoms. The van der Waals surface area contributed by atoms with Gasteiger partial charge in [-0.15, -0.1) is 13.2 Å². The Balaban J connectivity index is 1.21. The van der Waals surface area contributed by atoms with Crippen molar-refractivity contribution >= 4 is 17.8 Å². The molecule has 3 N–H and O–H groups in total. The summed E-state index contributed by atoms with van der Waals surface area (Å²) in [6, 6.07) is 10.5. The third-order valence-electron chi connectivity index (χ3n) is 6.65. The first kappa shape index (κ1) is 27.3. The molecule has 0 aliphatic heterocycles. The van der Waals surface area contributed by atoms with Crippen molar-refractivity contribution in [2.75, 3.05) is 13.1 Å². The van der Waals surface area contributed by atoms with Gasteiger partial charge in [0.1, 0.15) is 11.5 Å². The zero-order chi connectivity index (χ0) is 27.3. The molecule has 204 valence electrons. The normalized spacial score (nSPS) is 19.3. The van der Waals surface area contributed by atoms with E-state index in [0.29, 0.717) is 42.6 Å².